The molecule has 0 radical (unpaired) electrons. The highest BCUT2D eigenvalue weighted by atomic mass is 32.2. The number of hydrogen-bond donors (Lipinski definition) is 1. The fourth-order valence-corrected chi connectivity index (χ4v) is 4.27. The average Bonchev–Trinajstić information content (AvgIpc) is 3.32. The van der Waals surface area contributed by atoms with E-state index in [9.17, 15) is 9.18 Å². The first kappa shape index (κ1) is 18.5. The quantitative estimate of drug-likeness (QED) is 0.475. The molecule has 0 aliphatic rings. The summed E-state index contributed by atoms with van der Waals surface area (Å²) in [6.45, 7) is 0. The fourth-order valence-electron chi connectivity index (χ4n) is 2.59. The second kappa shape index (κ2) is 7.99. The highest BCUT2D eigenvalue weighted by Gasteiger charge is 2.12. The van der Waals surface area contributed by atoms with Gasteiger partial charge in [-0.15, -0.1) is 0 Å². The summed E-state index contributed by atoms with van der Waals surface area (Å²) in [6.07, 6.45) is 3.51. The lowest BCUT2D eigenvalue weighted by molar-refractivity contribution is -0.113. The van der Waals surface area contributed by atoms with Crippen molar-refractivity contribution >= 4 is 44.4 Å². The van der Waals surface area contributed by atoms with Crippen molar-refractivity contribution in [3.8, 4) is 11.4 Å². The number of ether oxygens (including phenoxy) is 1. The van der Waals surface area contributed by atoms with E-state index in [0.29, 0.717) is 20.5 Å². The van der Waals surface area contributed by atoms with Crippen molar-refractivity contribution in [3.05, 3.63) is 60.7 Å². The van der Waals surface area contributed by atoms with Crippen LogP contribution in [0.25, 0.3) is 15.9 Å². The number of fused-ring (bicyclic) bond motifs is 1. The minimum absolute atomic E-state index is 0.172. The first-order chi connectivity index (χ1) is 13.6. The maximum Gasteiger partial charge on any atom is 0.236 e. The zero-order valence-electron chi connectivity index (χ0n) is 14.8. The molecule has 9 heteroatoms. The molecule has 0 saturated heterocycles. The number of carbonyl (C=O) groups is 1. The number of nitrogens with zero attached hydrogens (tertiary/aromatic N) is 3. The van der Waals surface area contributed by atoms with Gasteiger partial charge in [-0.25, -0.2) is 14.4 Å². The number of thioether (sulfide) groups is 1. The maximum atomic E-state index is 13.3. The highest BCUT2D eigenvalue weighted by molar-refractivity contribution is 7.99. The molecule has 4 aromatic rings. The molecular weight excluding hydrogens is 399 g/mol. The van der Waals surface area contributed by atoms with Gasteiger partial charge in [-0.1, -0.05) is 29.2 Å². The Morgan fingerprint density at radius 1 is 1.32 bits per heavy atom. The van der Waals surface area contributed by atoms with E-state index in [4.69, 9.17) is 4.74 Å². The molecule has 4 rings (SSSR count). The van der Waals surface area contributed by atoms with Gasteiger partial charge >= 0.3 is 0 Å². The van der Waals surface area contributed by atoms with Crippen molar-refractivity contribution in [2.75, 3.05) is 18.2 Å². The van der Waals surface area contributed by atoms with Gasteiger partial charge in [0.25, 0.3) is 0 Å². The first-order valence-electron chi connectivity index (χ1n) is 8.29. The molecule has 2 aromatic heterocycles. The van der Waals surface area contributed by atoms with E-state index >= 15 is 0 Å². The normalized spacial score (nSPS) is 10.9. The van der Waals surface area contributed by atoms with Gasteiger partial charge in [0.1, 0.15) is 11.6 Å². The lowest BCUT2D eigenvalue weighted by Crippen LogP contribution is -2.14. The molecule has 0 fully saturated rings. The number of rotatable bonds is 6. The largest absolute Gasteiger partial charge is 0.497 e. The van der Waals surface area contributed by atoms with Crippen molar-refractivity contribution < 1.29 is 13.9 Å². The molecule has 6 nitrogen and oxygen atoms in total. The number of nitrogens with one attached hydrogen (secondary N) is 1. The summed E-state index contributed by atoms with van der Waals surface area (Å²) in [6, 6.07) is 11.9. The Morgan fingerprint density at radius 3 is 3.07 bits per heavy atom. The van der Waals surface area contributed by atoms with Crippen LogP contribution in [0.15, 0.2) is 60.0 Å². The number of imidazole rings is 1. The number of halogens is 1. The minimum Gasteiger partial charge on any atom is -0.497 e. The Bertz CT molecular complexity index is 1140. The average molecular weight is 414 g/mol. The topological polar surface area (TPSA) is 69.0 Å². The van der Waals surface area contributed by atoms with Gasteiger partial charge in [-0.3, -0.25) is 9.36 Å². The fraction of sp³-hybridized carbons (Fsp3) is 0.105. The van der Waals surface area contributed by atoms with Crippen molar-refractivity contribution in [2.45, 2.75) is 5.16 Å². The predicted molar refractivity (Wildman–Crippen MR) is 109 cm³/mol. The summed E-state index contributed by atoms with van der Waals surface area (Å²) < 4.78 is 21.1. The van der Waals surface area contributed by atoms with Gasteiger partial charge < -0.3 is 10.1 Å². The number of aromatic nitrogens is 3. The van der Waals surface area contributed by atoms with E-state index in [2.05, 4.69) is 15.3 Å². The number of benzene rings is 2. The molecule has 0 saturated carbocycles. The van der Waals surface area contributed by atoms with Crippen LogP contribution in [0.4, 0.5) is 9.52 Å². The zero-order valence-corrected chi connectivity index (χ0v) is 16.4. The summed E-state index contributed by atoms with van der Waals surface area (Å²) in [5.74, 6) is 0.386. The molecule has 0 aliphatic heterocycles. The van der Waals surface area contributed by atoms with E-state index in [1.54, 1.807) is 19.4 Å². The second-order valence-electron chi connectivity index (χ2n) is 5.75. The summed E-state index contributed by atoms with van der Waals surface area (Å²) >= 11 is 2.55. The van der Waals surface area contributed by atoms with Crippen LogP contribution in [0.3, 0.4) is 0 Å². The Hall–Kier alpha value is -2.91. The minimum atomic E-state index is -0.325. The third-order valence-electron chi connectivity index (χ3n) is 3.87. The van der Waals surface area contributed by atoms with E-state index in [-0.39, 0.29) is 17.5 Å². The van der Waals surface area contributed by atoms with E-state index < -0.39 is 0 Å². The van der Waals surface area contributed by atoms with Crippen LogP contribution in [0.5, 0.6) is 5.75 Å². The van der Waals surface area contributed by atoms with E-state index in [1.807, 2.05) is 35.0 Å². The van der Waals surface area contributed by atoms with Gasteiger partial charge in [0, 0.05) is 18.5 Å². The smallest absolute Gasteiger partial charge is 0.236 e. The summed E-state index contributed by atoms with van der Waals surface area (Å²) in [5.41, 5.74) is 1.55. The number of thiazole rings is 1. The Labute approximate surface area is 168 Å². The molecule has 0 spiro atoms. The van der Waals surface area contributed by atoms with Gasteiger partial charge in [0.2, 0.25) is 5.91 Å². The summed E-state index contributed by atoms with van der Waals surface area (Å²) in [5, 5.41) is 3.90. The Balaban J connectivity index is 1.43. The third kappa shape index (κ3) is 4.00. The lowest BCUT2D eigenvalue weighted by Gasteiger charge is -2.09. The molecule has 0 atom stereocenters. The number of methoxy groups -OCH3 is 1. The molecule has 142 valence electrons. The van der Waals surface area contributed by atoms with Crippen LogP contribution in [-0.4, -0.2) is 33.3 Å². The standard InChI is InChI=1S/C19H15FN4O2S2/c1-26-14-4-2-3-13(10-14)24-8-7-21-19(24)27-11-17(25)23-18-22-15-6-5-12(20)9-16(15)28-18/h2-10H,11H2,1H3,(H,22,23,25). The number of hydrogen-bond acceptors (Lipinski definition) is 6. The predicted octanol–water partition coefficient (Wildman–Crippen LogP) is 4.36. The monoisotopic (exact) mass is 414 g/mol. The van der Waals surface area contributed by atoms with Gasteiger partial charge in [-0.05, 0) is 30.3 Å². The van der Waals surface area contributed by atoms with E-state index in [0.717, 1.165) is 11.4 Å². The molecular formula is C19H15FN4O2S2. The van der Waals surface area contributed by atoms with Crippen LogP contribution in [-0.2, 0) is 4.79 Å². The second-order valence-corrected chi connectivity index (χ2v) is 7.72. The lowest BCUT2D eigenvalue weighted by atomic mass is 10.3. The SMILES string of the molecule is COc1cccc(-n2ccnc2SCC(=O)Nc2nc3ccc(F)cc3s2)c1. The Morgan fingerprint density at radius 2 is 2.21 bits per heavy atom. The molecule has 1 N–H and O–H groups in total. The van der Waals surface area contributed by atoms with Gasteiger partial charge in [-0.2, -0.15) is 0 Å². The van der Waals surface area contributed by atoms with Gasteiger partial charge in [0.15, 0.2) is 10.3 Å². The highest BCUT2D eigenvalue weighted by Crippen LogP contribution is 2.27. The number of anilines is 1. The maximum absolute atomic E-state index is 13.3. The van der Waals surface area contributed by atoms with Crippen molar-refractivity contribution in [3.63, 3.8) is 0 Å². The van der Waals surface area contributed by atoms with Crippen LogP contribution in [0.1, 0.15) is 0 Å². The van der Waals surface area contributed by atoms with Crippen LogP contribution in [0, 0.1) is 5.82 Å². The zero-order chi connectivity index (χ0) is 19.5. The van der Waals surface area contributed by atoms with Gasteiger partial charge in [0.05, 0.1) is 28.8 Å². The summed E-state index contributed by atoms with van der Waals surface area (Å²) in [7, 11) is 1.61. The number of amides is 1. The molecule has 2 heterocycles. The van der Waals surface area contributed by atoms with Crippen LogP contribution < -0.4 is 10.1 Å². The Kier molecular flexibility index (Phi) is 5.27. The van der Waals surface area contributed by atoms with Crippen molar-refractivity contribution in [2.24, 2.45) is 0 Å². The van der Waals surface area contributed by atoms with Crippen molar-refractivity contribution in [1.82, 2.24) is 14.5 Å². The van der Waals surface area contributed by atoms with Crippen molar-refractivity contribution in [1.29, 1.82) is 0 Å². The summed E-state index contributed by atoms with van der Waals surface area (Å²) in [4.78, 5) is 20.9. The molecule has 0 bridgehead atoms. The first-order valence-corrected chi connectivity index (χ1v) is 10.1. The molecule has 2 aromatic carbocycles. The molecule has 1 amide bonds. The van der Waals surface area contributed by atoms with Crippen LogP contribution >= 0.6 is 23.1 Å². The van der Waals surface area contributed by atoms with Crippen LogP contribution in [0.2, 0.25) is 0 Å². The molecule has 0 aliphatic carbocycles. The number of carbonyl (C=O) groups excluding carboxylic acids is 1. The van der Waals surface area contributed by atoms with E-state index in [1.165, 1.54) is 35.2 Å². The molecule has 28 heavy (non-hydrogen) atoms. The molecule has 0 unspecified atom stereocenters. The third-order valence-corrected chi connectivity index (χ3v) is 5.77.